The lowest BCUT2D eigenvalue weighted by Crippen LogP contribution is -2.31. The molecule has 5 unspecified atom stereocenters. The molecule has 0 heterocycles. The van der Waals surface area contributed by atoms with Gasteiger partial charge in [-0.2, -0.15) is 0 Å². The Morgan fingerprint density at radius 2 is 1.91 bits per heavy atom. The Kier molecular flexibility index (Phi) is 6.73. The highest BCUT2D eigenvalue weighted by molar-refractivity contribution is 5.73. The Morgan fingerprint density at radius 3 is 2.55 bits per heavy atom. The second-order valence-electron chi connectivity index (χ2n) is 7.74. The molecule has 3 heteroatoms. The minimum Gasteiger partial charge on any atom is -0.436 e. The predicted molar refractivity (Wildman–Crippen MR) is 88.3 cm³/mol. The maximum Gasteiger partial charge on any atom is 0.311 e. The summed E-state index contributed by atoms with van der Waals surface area (Å²) in [4.78, 5) is 12.4. The lowest BCUT2D eigenvalue weighted by Gasteiger charge is -2.29. The van der Waals surface area contributed by atoms with E-state index in [1.807, 2.05) is 13.8 Å². The summed E-state index contributed by atoms with van der Waals surface area (Å²) >= 11 is 0. The summed E-state index contributed by atoms with van der Waals surface area (Å²) in [5.74, 6) is 3.02. The number of hydrogen-bond donors (Lipinski definition) is 0. The van der Waals surface area contributed by atoms with Crippen molar-refractivity contribution in [1.82, 2.24) is 0 Å². The standard InChI is InChI=1S/C19H34O3/c1-5-21-14(4)22-19(20)18-12-15-10-16(17(18)11-15)9-7-6-8-13(2)3/h13-18H,5-12H2,1-4H3. The van der Waals surface area contributed by atoms with E-state index in [0.29, 0.717) is 12.5 Å². The van der Waals surface area contributed by atoms with Crippen LogP contribution in [0.5, 0.6) is 0 Å². The third-order valence-corrected chi connectivity index (χ3v) is 5.54. The van der Waals surface area contributed by atoms with E-state index in [4.69, 9.17) is 9.47 Å². The molecule has 3 nitrogen and oxygen atoms in total. The quantitative estimate of drug-likeness (QED) is 0.349. The van der Waals surface area contributed by atoms with Gasteiger partial charge in [0.05, 0.1) is 5.92 Å². The van der Waals surface area contributed by atoms with Crippen LogP contribution in [0.15, 0.2) is 0 Å². The molecule has 0 saturated heterocycles. The monoisotopic (exact) mass is 310 g/mol. The fraction of sp³-hybridized carbons (Fsp3) is 0.947. The van der Waals surface area contributed by atoms with Gasteiger partial charge in [0.25, 0.3) is 0 Å². The van der Waals surface area contributed by atoms with E-state index < -0.39 is 6.29 Å². The van der Waals surface area contributed by atoms with Crippen LogP contribution in [0.1, 0.15) is 72.6 Å². The van der Waals surface area contributed by atoms with Crippen molar-refractivity contribution in [3.05, 3.63) is 0 Å². The minimum absolute atomic E-state index is 0.0136. The van der Waals surface area contributed by atoms with Gasteiger partial charge in [0.1, 0.15) is 0 Å². The average molecular weight is 310 g/mol. The van der Waals surface area contributed by atoms with Gasteiger partial charge in [-0.3, -0.25) is 4.79 Å². The van der Waals surface area contributed by atoms with Crippen LogP contribution in [0.25, 0.3) is 0 Å². The van der Waals surface area contributed by atoms with Crippen molar-refractivity contribution < 1.29 is 14.3 Å². The molecule has 0 aromatic heterocycles. The van der Waals surface area contributed by atoms with Crippen molar-refractivity contribution in [3.8, 4) is 0 Å². The van der Waals surface area contributed by atoms with Gasteiger partial charge < -0.3 is 9.47 Å². The first-order chi connectivity index (χ1) is 10.5. The van der Waals surface area contributed by atoms with Gasteiger partial charge >= 0.3 is 5.97 Å². The van der Waals surface area contributed by atoms with Crippen molar-refractivity contribution in [1.29, 1.82) is 0 Å². The van der Waals surface area contributed by atoms with Crippen molar-refractivity contribution in [2.45, 2.75) is 78.9 Å². The van der Waals surface area contributed by atoms with Crippen LogP contribution in [0.3, 0.4) is 0 Å². The van der Waals surface area contributed by atoms with E-state index in [2.05, 4.69) is 13.8 Å². The van der Waals surface area contributed by atoms with Crippen molar-refractivity contribution >= 4 is 5.97 Å². The zero-order valence-corrected chi connectivity index (χ0v) is 14.8. The van der Waals surface area contributed by atoms with Crippen molar-refractivity contribution in [2.75, 3.05) is 6.61 Å². The summed E-state index contributed by atoms with van der Waals surface area (Å²) < 4.78 is 10.8. The van der Waals surface area contributed by atoms with E-state index in [1.165, 1.54) is 38.5 Å². The zero-order chi connectivity index (χ0) is 16.1. The SMILES string of the molecule is CCOC(C)OC(=O)C1CC2CC(CCCCC(C)C)C1C2. The Morgan fingerprint density at radius 1 is 1.14 bits per heavy atom. The summed E-state index contributed by atoms with van der Waals surface area (Å²) in [6, 6.07) is 0. The van der Waals surface area contributed by atoms with Crippen LogP contribution < -0.4 is 0 Å². The number of unbranched alkanes of at least 4 members (excludes halogenated alkanes) is 1. The molecular formula is C19H34O3. The van der Waals surface area contributed by atoms with Crippen molar-refractivity contribution in [2.24, 2.45) is 29.6 Å². The molecule has 128 valence electrons. The highest BCUT2D eigenvalue weighted by atomic mass is 16.7. The van der Waals surface area contributed by atoms with Gasteiger partial charge in [-0.05, 0) is 56.8 Å². The fourth-order valence-electron chi connectivity index (χ4n) is 4.58. The Bertz CT molecular complexity index is 353. The number of esters is 1. The molecule has 2 fully saturated rings. The summed E-state index contributed by atoms with van der Waals surface area (Å²) in [5, 5.41) is 0. The number of rotatable bonds is 9. The third-order valence-electron chi connectivity index (χ3n) is 5.54. The topological polar surface area (TPSA) is 35.5 Å². The number of ether oxygens (including phenoxy) is 2. The van der Waals surface area contributed by atoms with Gasteiger partial charge in [-0.1, -0.05) is 39.5 Å². The molecule has 0 aromatic carbocycles. The minimum atomic E-state index is -0.402. The lowest BCUT2D eigenvalue weighted by molar-refractivity contribution is -0.181. The first-order valence-electron chi connectivity index (χ1n) is 9.33. The second kappa shape index (κ2) is 8.33. The molecule has 2 bridgehead atoms. The first-order valence-corrected chi connectivity index (χ1v) is 9.33. The number of carbonyl (C=O) groups is 1. The lowest BCUT2D eigenvalue weighted by atomic mass is 9.78. The molecule has 0 radical (unpaired) electrons. The van der Waals surface area contributed by atoms with E-state index >= 15 is 0 Å². The number of fused-ring (bicyclic) bond motifs is 2. The van der Waals surface area contributed by atoms with E-state index in [1.54, 1.807) is 0 Å². The summed E-state index contributed by atoms with van der Waals surface area (Å²) in [6.07, 6.45) is 8.53. The molecule has 0 N–H and O–H groups in total. The Labute approximate surface area is 136 Å². The second-order valence-corrected chi connectivity index (χ2v) is 7.74. The molecule has 2 aliphatic rings. The fourth-order valence-corrected chi connectivity index (χ4v) is 4.58. The normalized spacial score (nSPS) is 31.7. The summed E-state index contributed by atoms with van der Waals surface area (Å²) in [7, 11) is 0. The molecule has 0 aliphatic heterocycles. The largest absolute Gasteiger partial charge is 0.436 e. The van der Waals surface area contributed by atoms with Gasteiger partial charge in [0.15, 0.2) is 6.29 Å². The molecule has 2 aliphatic carbocycles. The number of hydrogen-bond acceptors (Lipinski definition) is 3. The van der Waals surface area contributed by atoms with E-state index in [-0.39, 0.29) is 11.9 Å². The van der Waals surface area contributed by atoms with E-state index in [0.717, 1.165) is 24.2 Å². The van der Waals surface area contributed by atoms with Gasteiger partial charge in [-0.15, -0.1) is 0 Å². The smallest absolute Gasteiger partial charge is 0.311 e. The summed E-state index contributed by atoms with van der Waals surface area (Å²) in [5.41, 5.74) is 0. The molecule has 0 amide bonds. The maximum absolute atomic E-state index is 12.4. The summed E-state index contributed by atoms with van der Waals surface area (Å²) in [6.45, 7) is 8.92. The van der Waals surface area contributed by atoms with E-state index in [9.17, 15) is 4.79 Å². The maximum atomic E-state index is 12.4. The van der Waals surface area contributed by atoms with Crippen LogP contribution in [0.2, 0.25) is 0 Å². The first kappa shape index (κ1) is 17.8. The van der Waals surface area contributed by atoms with Crippen LogP contribution in [0.4, 0.5) is 0 Å². The molecule has 0 aromatic rings. The molecule has 2 rings (SSSR count). The van der Waals surface area contributed by atoms with Crippen LogP contribution in [-0.4, -0.2) is 18.9 Å². The third kappa shape index (κ3) is 4.71. The van der Waals surface area contributed by atoms with Crippen LogP contribution in [-0.2, 0) is 14.3 Å². The predicted octanol–water partition coefficient (Wildman–Crippen LogP) is 4.79. The van der Waals surface area contributed by atoms with Crippen LogP contribution in [0, 0.1) is 29.6 Å². The number of carbonyl (C=O) groups excluding carboxylic acids is 1. The van der Waals surface area contributed by atoms with Crippen molar-refractivity contribution in [3.63, 3.8) is 0 Å². The molecule has 0 spiro atoms. The van der Waals surface area contributed by atoms with Gasteiger partial charge in [0, 0.05) is 6.61 Å². The highest BCUT2D eigenvalue weighted by Crippen LogP contribution is 2.53. The molecule has 5 atom stereocenters. The Balaban J connectivity index is 1.77. The Hall–Kier alpha value is -0.570. The van der Waals surface area contributed by atoms with Crippen LogP contribution >= 0.6 is 0 Å². The molecular weight excluding hydrogens is 276 g/mol. The average Bonchev–Trinajstić information content (AvgIpc) is 3.03. The van der Waals surface area contributed by atoms with Gasteiger partial charge in [-0.25, -0.2) is 0 Å². The zero-order valence-electron chi connectivity index (χ0n) is 14.8. The molecule has 2 saturated carbocycles. The van der Waals surface area contributed by atoms with Gasteiger partial charge in [0.2, 0.25) is 0 Å². The molecule has 22 heavy (non-hydrogen) atoms. The highest BCUT2D eigenvalue weighted by Gasteiger charge is 2.49.